The van der Waals surface area contributed by atoms with E-state index in [2.05, 4.69) is 44.3 Å². The average molecular weight is 206 g/mol. The van der Waals surface area contributed by atoms with Crippen LogP contribution in [0.3, 0.4) is 0 Å². The summed E-state index contributed by atoms with van der Waals surface area (Å²) in [5.74, 6) is 0. The van der Waals surface area contributed by atoms with E-state index in [1.165, 1.54) is 0 Å². The van der Waals surface area contributed by atoms with Crippen LogP contribution < -0.4 is 0 Å². The molecule has 13 heavy (non-hydrogen) atoms. The Kier molecular flexibility index (Phi) is 5.34. The molecule has 0 aliphatic carbocycles. The van der Waals surface area contributed by atoms with E-state index in [0.29, 0.717) is 0 Å². The highest BCUT2D eigenvalue weighted by molar-refractivity contribution is 6.93. The third kappa shape index (κ3) is 4.06. The van der Waals surface area contributed by atoms with E-state index in [-0.39, 0.29) is 0 Å². The maximum Gasteiger partial charge on any atom is 0.121 e. The molecule has 0 saturated heterocycles. The van der Waals surface area contributed by atoms with Gasteiger partial charge in [0.1, 0.15) is 16.9 Å². The summed E-state index contributed by atoms with van der Waals surface area (Å²) in [5.41, 5.74) is 12.6. The van der Waals surface area contributed by atoms with Crippen LogP contribution in [0.25, 0.3) is 0 Å². The molecule has 0 saturated carbocycles. The molecule has 0 unspecified atom stereocenters. The molecule has 0 aromatic rings. The topological polar surface area (TPSA) is 0 Å². The van der Waals surface area contributed by atoms with Gasteiger partial charge in [0.2, 0.25) is 0 Å². The maximum absolute atomic E-state index is 3.84. The smallest absolute Gasteiger partial charge is 0.107 e. The van der Waals surface area contributed by atoms with Gasteiger partial charge in [-0.2, -0.15) is 0 Å². The highest BCUT2D eigenvalue weighted by Crippen LogP contribution is 2.07. The van der Waals surface area contributed by atoms with Gasteiger partial charge in [-0.05, 0) is 0 Å². The molecule has 0 nitrogen and oxygen atoms in total. The largest absolute Gasteiger partial charge is 0.121 e. The lowest BCUT2D eigenvalue weighted by atomic mass is 11.2. The van der Waals surface area contributed by atoms with Crippen molar-refractivity contribution in [3.63, 3.8) is 0 Å². The van der Waals surface area contributed by atoms with Gasteiger partial charge >= 0.3 is 0 Å². The van der Waals surface area contributed by atoms with Crippen molar-refractivity contribution < 1.29 is 0 Å². The zero-order valence-electron chi connectivity index (χ0n) is 8.37. The van der Waals surface area contributed by atoms with Crippen LogP contribution in [0.15, 0.2) is 60.5 Å². The second-order valence-electron chi connectivity index (χ2n) is 3.18. The van der Waals surface area contributed by atoms with Gasteiger partial charge in [0.15, 0.2) is 0 Å². The lowest BCUT2D eigenvalue weighted by molar-refractivity contribution is 1.94. The summed E-state index contributed by atoms with van der Waals surface area (Å²) < 4.78 is 0. The Bertz CT molecular complexity index is 222. The van der Waals surface area contributed by atoms with Crippen LogP contribution in [0.5, 0.6) is 0 Å². The Hall–Kier alpha value is -0.866. The van der Waals surface area contributed by atoms with Crippen molar-refractivity contribution in [1.82, 2.24) is 0 Å². The van der Waals surface area contributed by atoms with Gasteiger partial charge in [-0.1, -0.05) is 40.7 Å². The Morgan fingerprint density at radius 2 is 1.46 bits per heavy atom. The third-order valence-electron chi connectivity index (χ3n) is 2.10. The van der Waals surface area contributed by atoms with Gasteiger partial charge < -0.3 is 0 Å². The van der Waals surface area contributed by atoms with Crippen molar-refractivity contribution in [2.75, 3.05) is 0 Å². The monoisotopic (exact) mass is 206 g/mol. The van der Waals surface area contributed by atoms with Crippen LogP contribution in [0.4, 0.5) is 0 Å². The first-order valence-corrected chi connectivity index (χ1v) is 9.06. The summed E-state index contributed by atoms with van der Waals surface area (Å²) in [4.78, 5) is 0. The van der Waals surface area contributed by atoms with Crippen molar-refractivity contribution in [3.8, 4) is 0 Å². The molecule has 0 spiro atoms. The van der Waals surface area contributed by atoms with Crippen molar-refractivity contribution >= 4 is 16.9 Å². The van der Waals surface area contributed by atoms with Crippen LogP contribution in [0.2, 0.25) is 6.55 Å². The first-order chi connectivity index (χ1) is 6.11. The second-order valence-corrected chi connectivity index (χ2v) is 9.55. The molecule has 0 atom stereocenters. The minimum Gasteiger partial charge on any atom is -0.107 e. The predicted molar refractivity (Wildman–Crippen MR) is 68.7 cm³/mol. The molecule has 0 heterocycles. The Morgan fingerprint density at radius 3 is 1.77 bits per heavy atom. The average Bonchev–Trinajstić information content (AvgIpc) is 2.19. The first-order valence-electron chi connectivity index (χ1n) is 4.33. The molecule has 0 aromatic carbocycles. The summed E-state index contributed by atoms with van der Waals surface area (Å²) in [7, 11) is -2.54. The van der Waals surface area contributed by atoms with E-state index < -0.39 is 16.9 Å². The fourth-order valence-corrected chi connectivity index (χ4v) is 4.28. The Morgan fingerprint density at radius 1 is 1.00 bits per heavy atom. The summed E-state index contributed by atoms with van der Waals surface area (Å²) in [6.07, 6.45) is 0. The highest BCUT2D eigenvalue weighted by atomic mass is 28.3. The quantitative estimate of drug-likeness (QED) is 0.586. The fourth-order valence-electron chi connectivity index (χ4n) is 0.791. The number of rotatable bonds is 6. The van der Waals surface area contributed by atoms with Gasteiger partial charge in [-0.3, -0.25) is 0 Å². The van der Waals surface area contributed by atoms with E-state index in [1.807, 2.05) is 22.8 Å². The molecular formula is C11H18Si2. The molecule has 0 rings (SSSR count). The van der Waals surface area contributed by atoms with Crippen LogP contribution in [0.1, 0.15) is 0 Å². The van der Waals surface area contributed by atoms with E-state index >= 15 is 0 Å². The molecule has 0 N–H and O–H groups in total. The van der Waals surface area contributed by atoms with Gasteiger partial charge in [0.25, 0.3) is 0 Å². The maximum atomic E-state index is 3.84. The molecule has 0 aromatic heterocycles. The van der Waals surface area contributed by atoms with Crippen molar-refractivity contribution in [2.24, 2.45) is 0 Å². The predicted octanol–water partition coefficient (Wildman–Crippen LogP) is 2.83. The third-order valence-corrected chi connectivity index (χ3v) is 6.88. The first kappa shape index (κ1) is 12.1. The lowest BCUT2D eigenvalue weighted by Crippen LogP contribution is -2.22. The van der Waals surface area contributed by atoms with E-state index in [0.717, 1.165) is 0 Å². The molecule has 2 heteroatoms. The molecule has 0 aliphatic rings. The summed E-state index contributed by atoms with van der Waals surface area (Å²) in [5, 5.41) is 0. The normalized spacial score (nSPS) is 11.5. The van der Waals surface area contributed by atoms with Gasteiger partial charge in [-0.15, -0.1) is 26.3 Å². The number of hydrogen-bond donors (Lipinski definition) is 0. The zero-order chi connectivity index (χ0) is 10.3. The molecule has 0 fully saturated rings. The zero-order valence-corrected chi connectivity index (χ0v) is 10.5. The molecular weight excluding hydrogens is 188 g/mol. The lowest BCUT2D eigenvalue weighted by Gasteiger charge is -2.12. The van der Waals surface area contributed by atoms with E-state index in [1.54, 1.807) is 0 Å². The summed E-state index contributed by atoms with van der Waals surface area (Å²) in [6.45, 7) is 17.5. The SMILES string of the molecule is C=C[SiH](C=C)C=C[Si](C)(C=C)C=C. The fraction of sp³-hybridized carbons (Fsp3) is 0.0909. The van der Waals surface area contributed by atoms with Gasteiger partial charge in [0, 0.05) is 0 Å². The molecule has 0 amide bonds. The molecule has 70 valence electrons. The van der Waals surface area contributed by atoms with Crippen LogP contribution in [-0.4, -0.2) is 16.9 Å². The minimum absolute atomic E-state index is 1.03. The molecule has 0 aliphatic heterocycles. The van der Waals surface area contributed by atoms with Gasteiger partial charge in [0.05, 0.1) is 0 Å². The minimum atomic E-state index is -1.51. The van der Waals surface area contributed by atoms with E-state index in [4.69, 9.17) is 0 Å². The molecule has 0 radical (unpaired) electrons. The summed E-state index contributed by atoms with van der Waals surface area (Å²) in [6, 6.07) is 0. The highest BCUT2D eigenvalue weighted by Gasteiger charge is 2.13. The van der Waals surface area contributed by atoms with E-state index in [9.17, 15) is 0 Å². The van der Waals surface area contributed by atoms with Crippen molar-refractivity contribution in [3.05, 3.63) is 60.5 Å². The second kappa shape index (κ2) is 5.72. The summed E-state index contributed by atoms with van der Waals surface area (Å²) >= 11 is 0. The van der Waals surface area contributed by atoms with Crippen LogP contribution in [0, 0.1) is 0 Å². The Labute approximate surface area is 84.3 Å². The van der Waals surface area contributed by atoms with Gasteiger partial charge in [-0.25, -0.2) is 0 Å². The Balaban J connectivity index is 4.54. The standard InChI is InChI=1S/C11H18Si2/c1-6-12(7-2)10-11-13(5,8-3)9-4/h6-12H,1-4H2,5H3. The van der Waals surface area contributed by atoms with Crippen LogP contribution in [-0.2, 0) is 0 Å². The van der Waals surface area contributed by atoms with Crippen molar-refractivity contribution in [2.45, 2.75) is 6.55 Å². The molecule has 0 bridgehead atoms. The van der Waals surface area contributed by atoms with Crippen molar-refractivity contribution in [1.29, 1.82) is 0 Å². The van der Waals surface area contributed by atoms with Crippen LogP contribution >= 0.6 is 0 Å². The number of hydrogen-bond acceptors (Lipinski definition) is 0.